The number of amides is 2. The lowest BCUT2D eigenvalue weighted by atomic mass is 10.1. The van der Waals surface area contributed by atoms with Crippen molar-refractivity contribution in [3.63, 3.8) is 0 Å². The summed E-state index contributed by atoms with van der Waals surface area (Å²) >= 11 is 0. The molecular formula is C22H27N3O6. The number of carbonyl (C=O) groups is 3. The second-order valence-electron chi connectivity index (χ2n) is 8.30. The van der Waals surface area contributed by atoms with Crippen molar-refractivity contribution in [2.45, 2.75) is 44.8 Å². The lowest BCUT2D eigenvalue weighted by Crippen LogP contribution is -2.46. The van der Waals surface area contributed by atoms with Gasteiger partial charge in [-0.15, -0.1) is 0 Å². The first-order chi connectivity index (χ1) is 14.7. The van der Waals surface area contributed by atoms with Gasteiger partial charge in [0.05, 0.1) is 19.2 Å². The highest BCUT2D eigenvalue weighted by molar-refractivity contribution is 5.88. The molecule has 0 unspecified atom stereocenters. The Hall–Kier alpha value is -3.36. The number of hydrogen-bond acceptors (Lipinski definition) is 7. The van der Waals surface area contributed by atoms with Crippen LogP contribution < -0.4 is 5.32 Å². The fourth-order valence-corrected chi connectivity index (χ4v) is 3.43. The zero-order valence-electron chi connectivity index (χ0n) is 18.1. The van der Waals surface area contributed by atoms with Gasteiger partial charge in [-0.2, -0.15) is 0 Å². The number of nitrogens with zero attached hydrogens (tertiary/aromatic N) is 2. The van der Waals surface area contributed by atoms with E-state index in [1.807, 2.05) is 30.3 Å². The van der Waals surface area contributed by atoms with E-state index in [4.69, 9.17) is 13.9 Å². The summed E-state index contributed by atoms with van der Waals surface area (Å²) in [6.07, 6.45) is 1.25. The molecule has 9 heteroatoms. The second-order valence-corrected chi connectivity index (χ2v) is 8.30. The lowest BCUT2D eigenvalue weighted by Gasteiger charge is -2.23. The maximum atomic E-state index is 12.7. The molecule has 166 valence electrons. The second kappa shape index (κ2) is 9.20. The highest BCUT2D eigenvalue weighted by atomic mass is 16.6. The number of nitrogens with one attached hydrogen (secondary N) is 1. The van der Waals surface area contributed by atoms with E-state index in [1.165, 1.54) is 12.0 Å². The number of rotatable bonds is 5. The van der Waals surface area contributed by atoms with Crippen LogP contribution in [0.25, 0.3) is 11.3 Å². The van der Waals surface area contributed by atoms with Crippen molar-refractivity contribution in [2.75, 3.05) is 20.2 Å². The number of likely N-dealkylation sites (tertiary alicyclic amines) is 1. The normalized spacial score (nSPS) is 18.5. The third kappa shape index (κ3) is 5.62. The molecule has 0 bridgehead atoms. The van der Waals surface area contributed by atoms with Gasteiger partial charge < -0.3 is 24.1 Å². The molecule has 1 fully saturated rings. The van der Waals surface area contributed by atoms with Crippen LogP contribution in [0.4, 0.5) is 4.79 Å². The van der Waals surface area contributed by atoms with Crippen LogP contribution in [-0.2, 0) is 19.1 Å². The number of oxazole rings is 1. The zero-order chi connectivity index (χ0) is 22.6. The van der Waals surface area contributed by atoms with Crippen LogP contribution in [-0.4, -0.2) is 59.7 Å². The van der Waals surface area contributed by atoms with Crippen LogP contribution in [0.15, 0.2) is 40.9 Å². The standard InChI is InChI=1S/C22H27N3O6/c1-22(2,3)31-21(28)24-12-18(26)25-13-15(10-16(25)20(27)29-4)19-23-11-17(30-19)14-8-6-5-7-9-14/h5-9,11,15-16H,10,12-13H2,1-4H3,(H,24,28)/t15-,16+/m1/s1. The average Bonchev–Trinajstić information content (AvgIpc) is 3.38. The van der Waals surface area contributed by atoms with E-state index in [0.717, 1.165) is 5.56 Å². The first-order valence-corrected chi connectivity index (χ1v) is 10.0. The number of benzene rings is 1. The summed E-state index contributed by atoms with van der Waals surface area (Å²) in [5, 5.41) is 2.43. The van der Waals surface area contributed by atoms with Gasteiger partial charge in [0, 0.05) is 12.1 Å². The van der Waals surface area contributed by atoms with Crippen molar-refractivity contribution >= 4 is 18.0 Å². The lowest BCUT2D eigenvalue weighted by molar-refractivity contribution is -0.150. The number of ether oxygens (including phenoxy) is 2. The molecule has 1 saturated heterocycles. The Morgan fingerprint density at radius 2 is 1.94 bits per heavy atom. The maximum Gasteiger partial charge on any atom is 0.408 e. The number of carbonyl (C=O) groups excluding carboxylic acids is 3. The smallest absolute Gasteiger partial charge is 0.408 e. The van der Waals surface area contributed by atoms with E-state index >= 15 is 0 Å². The van der Waals surface area contributed by atoms with Gasteiger partial charge in [0.1, 0.15) is 18.2 Å². The molecule has 2 aromatic rings. The van der Waals surface area contributed by atoms with E-state index in [2.05, 4.69) is 10.3 Å². The number of esters is 1. The summed E-state index contributed by atoms with van der Waals surface area (Å²) in [5.41, 5.74) is 0.209. The van der Waals surface area contributed by atoms with Gasteiger partial charge in [-0.05, 0) is 27.2 Å². The minimum absolute atomic E-state index is 0.226. The topological polar surface area (TPSA) is 111 Å². The van der Waals surface area contributed by atoms with Crippen molar-refractivity contribution in [1.29, 1.82) is 0 Å². The molecule has 2 heterocycles. The van der Waals surface area contributed by atoms with Gasteiger partial charge in [-0.25, -0.2) is 14.6 Å². The summed E-state index contributed by atoms with van der Waals surface area (Å²) in [5.74, 6) is -0.154. The van der Waals surface area contributed by atoms with Crippen LogP contribution in [0.1, 0.15) is 39.0 Å². The Bertz CT molecular complexity index is 934. The van der Waals surface area contributed by atoms with E-state index in [0.29, 0.717) is 18.1 Å². The van der Waals surface area contributed by atoms with Gasteiger partial charge in [-0.3, -0.25) is 4.79 Å². The molecule has 0 saturated carbocycles. The summed E-state index contributed by atoms with van der Waals surface area (Å²) in [4.78, 5) is 42.6. The Kier molecular flexibility index (Phi) is 6.62. The van der Waals surface area contributed by atoms with E-state index in [9.17, 15) is 14.4 Å². The first-order valence-electron chi connectivity index (χ1n) is 10.0. The maximum absolute atomic E-state index is 12.7. The number of hydrogen-bond donors (Lipinski definition) is 1. The summed E-state index contributed by atoms with van der Waals surface area (Å²) in [6.45, 7) is 5.12. The fraction of sp³-hybridized carbons (Fsp3) is 0.455. The minimum atomic E-state index is -0.782. The zero-order valence-corrected chi connectivity index (χ0v) is 18.1. The van der Waals surface area contributed by atoms with Crippen molar-refractivity contribution in [1.82, 2.24) is 15.2 Å². The molecular weight excluding hydrogens is 402 g/mol. The van der Waals surface area contributed by atoms with Crippen LogP contribution in [0, 0.1) is 0 Å². The molecule has 1 aliphatic rings. The third-order valence-corrected chi connectivity index (χ3v) is 4.81. The number of alkyl carbamates (subject to hydrolysis) is 1. The van der Waals surface area contributed by atoms with Crippen molar-refractivity contribution < 1.29 is 28.3 Å². The van der Waals surface area contributed by atoms with Crippen molar-refractivity contribution in [3.8, 4) is 11.3 Å². The van der Waals surface area contributed by atoms with E-state index in [1.54, 1.807) is 27.0 Å². The molecule has 1 N–H and O–H groups in total. The monoisotopic (exact) mass is 429 g/mol. The van der Waals surface area contributed by atoms with Crippen LogP contribution in [0.2, 0.25) is 0 Å². The highest BCUT2D eigenvalue weighted by Crippen LogP contribution is 2.33. The summed E-state index contributed by atoms with van der Waals surface area (Å²) in [7, 11) is 1.27. The van der Waals surface area contributed by atoms with Gasteiger partial charge in [0.25, 0.3) is 0 Å². The van der Waals surface area contributed by atoms with Gasteiger partial charge in [0.15, 0.2) is 11.7 Å². The molecule has 0 radical (unpaired) electrons. The molecule has 1 aromatic heterocycles. The molecule has 2 amide bonds. The summed E-state index contributed by atoms with van der Waals surface area (Å²) < 4.78 is 15.9. The first kappa shape index (κ1) is 22.3. The minimum Gasteiger partial charge on any atom is -0.467 e. The Morgan fingerprint density at radius 1 is 1.23 bits per heavy atom. The third-order valence-electron chi connectivity index (χ3n) is 4.81. The van der Waals surface area contributed by atoms with Gasteiger partial charge >= 0.3 is 12.1 Å². The summed E-state index contributed by atoms with van der Waals surface area (Å²) in [6, 6.07) is 8.75. The van der Waals surface area contributed by atoms with Crippen molar-refractivity contribution in [2.24, 2.45) is 0 Å². The molecule has 1 aromatic carbocycles. The molecule has 3 rings (SSSR count). The molecule has 2 atom stereocenters. The highest BCUT2D eigenvalue weighted by Gasteiger charge is 2.42. The van der Waals surface area contributed by atoms with Gasteiger partial charge in [0.2, 0.25) is 5.91 Å². The molecule has 31 heavy (non-hydrogen) atoms. The molecule has 9 nitrogen and oxygen atoms in total. The van der Waals surface area contributed by atoms with E-state index < -0.39 is 29.6 Å². The number of aromatic nitrogens is 1. The predicted molar refractivity (Wildman–Crippen MR) is 111 cm³/mol. The Labute approximate surface area is 180 Å². The van der Waals surface area contributed by atoms with Crippen LogP contribution >= 0.6 is 0 Å². The van der Waals surface area contributed by atoms with Crippen LogP contribution in [0.3, 0.4) is 0 Å². The SMILES string of the molecule is COC(=O)[C@@H]1C[C@@H](c2ncc(-c3ccccc3)o2)CN1C(=O)CNC(=O)OC(C)(C)C. The largest absolute Gasteiger partial charge is 0.467 e. The molecule has 1 aliphatic heterocycles. The Balaban J connectivity index is 1.69. The average molecular weight is 429 g/mol. The fourth-order valence-electron chi connectivity index (χ4n) is 3.43. The van der Waals surface area contributed by atoms with Crippen LogP contribution in [0.5, 0.6) is 0 Å². The molecule has 0 aliphatic carbocycles. The Morgan fingerprint density at radius 3 is 2.58 bits per heavy atom. The van der Waals surface area contributed by atoms with E-state index in [-0.39, 0.29) is 19.0 Å². The van der Waals surface area contributed by atoms with Gasteiger partial charge in [-0.1, -0.05) is 30.3 Å². The predicted octanol–water partition coefficient (Wildman–Crippen LogP) is 2.72. The number of methoxy groups -OCH3 is 1. The molecule has 0 spiro atoms. The quantitative estimate of drug-likeness (QED) is 0.728. The van der Waals surface area contributed by atoms with Crippen molar-refractivity contribution in [3.05, 3.63) is 42.4 Å².